The molecular weight excluding hydrogens is 370 g/mol. The summed E-state index contributed by atoms with van der Waals surface area (Å²) >= 11 is 6.09. The van der Waals surface area contributed by atoms with Crippen molar-refractivity contribution >= 4 is 40.3 Å². The SMILES string of the molecule is Cc1ccc(NC=C2C(=O)Nc3cc(Cl)ccc3N=C2c2ccccc2)cc1. The van der Waals surface area contributed by atoms with Crippen LogP contribution in [0.5, 0.6) is 0 Å². The Labute approximate surface area is 168 Å². The summed E-state index contributed by atoms with van der Waals surface area (Å²) in [4.78, 5) is 17.8. The second-order valence-electron chi connectivity index (χ2n) is 6.51. The molecule has 1 amide bonds. The molecule has 1 aliphatic heterocycles. The maximum absolute atomic E-state index is 13.0. The van der Waals surface area contributed by atoms with Gasteiger partial charge in [0.15, 0.2) is 0 Å². The first-order valence-electron chi connectivity index (χ1n) is 8.89. The van der Waals surface area contributed by atoms with Gasteiger partial charge in [-0.15, -0.1) is 0 Å². The van der Waals surface area contributed by atoms with E-state index in [-0.39, 0.29) is 5.91 Å². The Morgan fingerprint density at radius 2 is 1.75 bits per heavy atom. The predicted octanol–water partition coefficient (Wildman–Crippen LogP) is 5.72. The molecule has 1 aliphatic rings. The quantitative estimate of drug-likeness (QED) is 0.565. The largest absolute Gasteiger partial charge is 0.361 e. The number of aliphatic imine (C=N–C) groups is 1. The van der Waals surface area contributed by atoms with Gasteiger partial charge >= 0.3 is 0 Å². The molecular formula is C23H18ClN3O. The van der Waals surface area contributed by atoms with E-state index in [1.165, 1.54) is 5.56 Å². The van der Waals surface area contributed by atoms with E-state index in [2.05, 4.69) is 10.6 Å². The highest BCUT2D eigenvalue weighted by Gasteiger charge is 2.23. The molecule has 0 spiro atoms. The highest BCUT2D eigenvalue weighted by Crippen LogP contribution is 2.33. The van der Waals surface area contributed by atoms with Crippen molar-refractivity contribution in [1.29, 1.82) is 0 Å². The van der Waals surface area contributed by atoms with Crippen LogP contribution in [0.1, 0.15) is 11.1 Å². The highest BCUT2D eigenvalue weighted by atomic mass is 35.5. The van der Waals surface area contributed by atoms with E-state index in [0.717, 1.165) is 11.3 Å². The average molecular weight is 388 g/mol. The molecule has 1 heterocycles. The van der Waals surface area contributed by atoms with Crippen LogP contribution in [0.2, 0.25) is 5.02 Å². The van der Waals surface area contributed by atoms with Crippen molar-refractivity contribution < 1.29 is 4.79 Å². The van der Waals surface area contributed by atoms with Gasteiger partial charge in [-0.25, -0.2) is 4.99 Å². The summed E-state index contributed by atoms with van der Waals surface area (Å²) in [6.07, 6.45) is 1.69. The molecule has 138 valence electrons. The molecule has 0 atom stereocenters. The predicted molar refractivity (Wildman–Crippen MR) is 116 cm³/mol. The molecule has 0 saturated heterocycles. The highest BCUT2D eigenvalue weighted by molar-refractivity contribution is 6.34. The number of nitrogens with zero attached hydrogens (tertiary/aromatic N) is 1. The fraction of sp³-hybridized carbons (Fsp3) is 0.0435. The second-order valence-corrected chi connectivity index (χ2v) is 6.95. The maximum atomic E-state index is 13.0. The van der Waals surface area contributed by atoms with Gasteiger partial charge in [0, 0.05) is 22.5 Å². The van der Waals surface area contributed by atoms with Crippen LogP contribution in [0.15, 0.2) is 89.6 Å². The van der Waals surface area contributed by atoms with E-state index in [9.17, 15) is 4.79 Å². The number of amides is 1. The molecule has 0 bridgehead atoms. The third-order valence-corrected chi connectivity index (χ3v) is 4.66. The number of carbonyl (C=O) groups is 1. The Hall–Kier alpha value is -3.37. The van der Waals surface area contributed by atoms with Crippen LogP contribution >= 0.6 is 11.6 Å². The normalized spacial score (nSPS) is 14.7. The third kappa shape index (κ3) is 3.82. The molecule has 4 nitrogen and oxygen atoms in total. The van der Waals surface area contributed by atoms with Crippen molar-refractivity contribution in [1.82, 2.24) is 0 Å². The number of benzene rings is 3. The minimum atomic E-state index is -0.247. The lowest BCUT2D eigenvalue weighted by molar-refractivity contribution is -0.112. The lowest BCUT2D eigenvalue weighted by atomic mass is 10.0. The molecule has 3 aromatic rings. The van der Waals surface area contributed by atoms with Crippen LogP contribution in [-0.2, 0) is 4.79 Å². The van der Waals surface area contributed by atoms with Gasteiger partial charge in [0.25, 0.3) is 5.91 Å². The van der Waals surface area contributed by atoms with Crippen LogP contribution in [0.3, 0.4) is 0 Å². The van der Waals surface area contributed by atoms with Crippen LogP contribution in [-0.4, -0.2) is 11.6 Å². The van der Waals surface area contributed by atoms with Gasteiger partial charge in [0.05, 0.1) is 22.7 Å². The van der Waals surface area contributed by atoms with E-state index >= 15 is 0 Å². The van der Waals surface area contributed by atoms with Crippen molar-refractivity contribution in [3.63, 3.8) is 0 Å². The first kappa shape index (κ1) is 18.0. The molecule has 28 heavy (non-hydrogen) atoms. The number of nitrogens with one attached hydrogen (secondary N) is 2. The fourth-order valence-corrected chi connectivity index (χ4v) is 3.11. The first-order valence-corrected chi connectivity index (χ1v) is 9.27. The zero-order valence-corrected chi connectivity index (χ0v) is 16.0. The standard InChI is InChI=1S/C23H18ClN3O/c1-15-7-10-18(11-8-15)25-14-19-22(16-5-3-2-4-6-16)26-20-12-9-17(24)13-21(20)27-23(19)28/h2-14,25H,1H3,(H,27,28). The number of aryl methyl sites for hydroxylation is 1. The van der Waals surface area contributed by atoms with Crippen LogP contribution in [0, 0.1) is 6.92 Å². The van der Waals surface area contributed by atoms with Crippen LogP contribution in [0.4, 0.5) is 17.1 Å². The number of anilines is 2. The topological polar surface area (TPSA) is 53.5 Å². The summed E-state index contributed by atoms with van der Waals surface area (Å²) in [5, 5.41) is 6.66. The van der Waals surface area contributed by atoms with Gasteiger partial charge in [-0.2, -0.15) is 0 Å². The van der Waals surface area contributed by atoms with Gasteiger partial charge in [0.1, 0.15) is 0 Å². The zero-order chi connectivity index (χ0) is 19.5. The van der Waals surface area contributed by atoms with Gasteiger partial charge < -0.3 is 10.6 Å². The van der Waals surface area contributed by atoms with Gasteiger partial charge in [-0.05, 0) is 37.3 Å². The van der Waals surface area contributed by atoms with Crippen molar-refractivity contribution in [2.24, 2.45) is 4.99 Å². The number of rotatable bonds is 3. The van der Waals surface area contributed by atoms with Crippen LogP contribution < -0.4 is 10.6 Å². The van der Waals surface area contributed by atoms with E-state index in [1.54, 1.807) is 24.4 Å². The summed E-state index contributed by atoms with van der Waals surface area (Å²) in [6, 6.07) is 22.9. The maximum Gasteiger partial charge on any atom is 0.259 e. The Balaban J connectivity index is 1.80. The van der Waals surface area contributed by atoms with Crippen molar-refractivity contribution in [2.75, 3.05) is 10.6 Å². The van der Waals surface area contributed by atoms with E-state index in [4.69, 9.17) is 16.6 Å². The first-order chi connectivity index (χ1) is 13.6. The summed E-state index contributed by atoms with van der Waals surface area (Å²) < 4.78 is 0. The number of fused-ring (bicyclic) bond motifs is 1. The molecule has 0 unspecified atom stereocenters. The molecule has 0 fully saturated rings. The Kier molecular flexibility index (Phi) is 4.96. The molecule has 3 aromatic carbocycles. The molecule has 2 N–H and O–H groups in total. The fourth-order valence-electron chi connectivity index (χ4n) is 2.94. The lowest BCUT2D eigenvalue weighted by Gasteiger charge is -2.10. The van der Waals surface area contributed by atoms with Crippen molar-refractivity contribution in [3.05, 3.63) is 101 Å². The van der Waals surface area contributed by atoms with E-state index in [1.807, 2.05) is 61.5 Å². The molecule has 5 heteroatoms. The van der Waals surface area contributed by atoms with E-state index in [0.29, 0.717) is 27.7 Å². The average Bonchev–Trinajstić information content (AvgIpc) is 2.84. The number of carbonyl (C=O) groups excluding carboxylic acids is 1. The summed E-state index contributed by atoms with van der Waals surface area (Å²) in [7, 11) is 0. The minimum absolute atomic E-state index is 0.247. The Bertz CT molecular complexity index is 1090. The number of hydrogen-bond acceptors (Lipinski definition) is 3. The number of halogens is 1. The summed E-state index contributed by atoms with van der Waals surface area (Å²) in [6.45, 7) is 2.03. The Morgan fingerprint density at radius 3 is 2.50 bits per heavy atom. The minimum Gasteiger partial charge on any atom is -0.361 e. The second kappa shape index (κ2) is 7.71. The van der Waals surface area contributed by atoms with Crippen molar-refractivity contribution in [3.8, 4) is 0 Å². The number of hydrogen-bond donors (Lipinski definition) is 2. The van der Waals surface area contributed by atoms with Gasteiger partial charge in [-0.3, -0.25) is 4.79 Å². The summed E-state index contributed by atoms with van der Waals surface area (Å²) in [5.74, 6) is -0.247. The van der Waals surface area contributed by atoms with Gasteiger partial charge in [0.2, 0.25) is 0 Å². The van der Waals surface area contributed by atoms with Gasteiger partial charge in [-0.1, -0.05) is 59.6 Å². The molecule has 0 radical (unpaired) electrons. The van der Waals surface area contributed by atoms with E-state index < -0.39 is 0 Å². The van der Waals surface area contributed by atoms with Crippen LogP contribution in [0.25, 0.3) is 0 Å². The van der Waals surface area contributed by atoms with Crippen molar-refractivity contribution in [2.45, 2.75) is 6.92 Å². The molecule has 0 saturated carbocycles. The molecule has 4 rings (SSSR count). The monoisotopic (exact) mass is 387 g/mol. The smallest absolute Gasteiger partial charge is 0.259 e. The molecule has 0 aromatic heterocycles. The summed E-state index contributed by atoms with van der Waals surface area (Å²) in [5.41, 5.74) is 5.21. The zero-order valence-electron chi connectivity index (χ0n) is 15.2. The molecule has 0 aliphatic carbocycles. The lowest BCUT2D eigenvalue weighted by Crippen LogP contribution is -2.20. The Morgan fingerprint density at radius 1 is 1.00 bits per heavy atom. The third-order valence-electron chi connectivity index (χ3n) is 4.42.